The fourth-order valence-corrected chi connectivity index (χ4v) is 2.33. The maximum Gasteiger partial charge on any atom is 0.348 e. The van der Waals surface area contributed by atoms with Crippen LogP contribution in [0.25, 0.3) is 0 Å². The zero-order chi connectivity index (χ0) is 20.4. The van der Waals surface area contributed by atoms with Crippen molar-refractivity contribution in [3.8, 4) is 12.1 Å². The number of carbonyl (C=O) groups excluding carboxylic acids is 2. The van der Waals surface area contributed by atoms with Crippen LogP contribution >= 0.6 is 0 Å². The van der Waals surface area contributed by atoms with E-state index in [2.05, 4.69) is 0 Å². The summed E-state index contributed by atoms with van der Waals surface area (Å²) in [6.07, 6.45) is 4.93. The Balaban J connectivity index is 3.44. The Morgan fingerprint density at radius 1 is 1.22 bits per heavy atom. The van der Waals surface area contributed by atoms with E-state index >= 15 is 0 Å². The Bertz CT molecular complexity index is 807. The van der Waals surface area contributed by atoms with Crippen molar-refractivity contribution in [3.05, 3.63) is 46.5 Å². The first-order chi connectivity index (χ1) is 12.9. The van der Waals surface area contributed by atoms with Crippen LogP contribution in [0.3, 0.4) is 0 Å². The van der Waals surface area contributed by atoms with Crippen molar-refractivity contribution in [3.63, 3.8) is 0 Å². The Morgan fingerprint density at radius 2 is 1.89 bits per heavy atom. The van der Waals surface area contributed by atoms with E-state index in [4.69, 9.17) is 20.5 Å². The molecule has 0 aliphatic carbocycles. The van der Waals surface area contributed by atoms with E-state index in [1.807, 2.05) is 13.0 Å². The molecule has 142 valence electrons. The Kier molecular flexibility index (Phi) is 8.34. The number of nitrogens with two attached hydrogens (primary N) is 1. The summed E-state index contributed by atoms with van der Waals surface area (Å²) in [4.78, 5) is 25.5. The molecule has 0 bridgehead atoms. The molecule has 0 saturated carbocycles. The predicted octanol–water partition coefficient (Wildman–Crippen LogP) is 1.79. The molecule has 8 heteroatoms. The molecule has 0 unspecified atom stereocenters. The molecule has 0 amide bonds. The molecule has 1 aliphatic heterocycles. The summed E-state index contributed by atoms with van der Waals surface area (Å²) in [6.45, 7) is 6.04. The van der Waals surface area contributed by atoms with Gasteiger partial charge in [0.05, 0.1) is 30.2 Å². The summed E-state index contributed by atoms with van der Waals surface area (Å²) in [6, 6.07) is 3.75. The number of carbonyl (C=O) groups is 2. The lowest BCUT2D eigenvalue weighted by Gasteiger charge is -2.28. The standard InChI is InChI=1S/C19H22N4O4/c1-4-9-23-12-15(19(25)27-6-3)17(22)14(11-21)16(23)8-7-13(10-20)18(24)26-5-2/h7-8,12H,4-6,9,22H2,1-3H3. The molecule has 27 heavy (non-hydrogen) atoms. The third-order valence-electron chi connectivity index (χ3n) is 3.51. The van der Waals surface area contributed by atoms with Gasteiger partial charge in [-0.15, -0.1) is 0 Å². The van der Waals surface area contributed by atoms with Crippen molar-refractivity contribution in [1.82, 2.24) is 4.90 Å². The lowest BCUT2D eigenvalue weighted by atomic mass is 10.00. The molecule has 2 N–H and O–H groups in total. The van der Waals surface area contributed by atoms with Crippen molar-refractivity contribution >= 4 is 11.9 Å². The van der Waals surface area contributed by atoms with Gasteiger partial charge in [0, 0.05) is 12.7 Å². The Labute approximate surface area is 158 Å². The van der Waals surface area contributed by atoms with Crippen LogP contribution in [0, 0.1) is 22.7 Å². The normalized spacial score (nSPS) is 15.7. The minimum absolute atomic E-state index is 0.0161. The second kappa shape index (κ2) is 10.5. The second-order valence-electron chi connectivity index (χ2n) is 5.32. The van der Waals surface area contributed by atoms with Crippen LogP contribution < -0.4 is 5.73 Å². The summed E-state index contributed by atoms with van der Waals surface area (Å²) in [5.41, 5.74) is 6.31. The average molecular weight is 370 g/mol. The molecular weight excluding hydrogens is 348 g/mol. The topological polar surface area (TPSA) is 129 Å². The number of rotatable bonds is 7. The molecule has 0 saturated heterocycles. The first kappa shape index (κ1) is 21.5. The molecule has 1 rings (SSSR count). The van der Waals surface area contributed by atoms with Crippen molar-refractivity contribution in [1.29, 1.82) is 10.5 Å². The molecule has 0 aromatic carbocycles. The van der Waals surface area contributed by atoms with E-state index in [1.54, 1.807) is 24.8 Å². The Hall–Kier alpha value is -3.52. The fraction of sp³-hybridized carbons (Fsp3) is 0.368. The van der Waals surface area contributed by atoms with Crippen molar-refractivity contribution < 1.29 is 19.1 Å². The van der Waals surface area contributed by atoms with Crippen LogP contribution in [0.15, 0.2) is 46.5 Å². The third-order valence-corrected chi connectivity index (χ3v) is 3.51. The van der Waals surface area contributed by atoms with E-state index in [-0.39, 0.29) is 35.6 Å². The van der Waals surface area contributed by atoms with Crippen LogP contribution in [0.2, 0.25) is 0 Å². The van der Waals surface area contributed by atoms with E-state index in [0.717, 1.165) is 6.42 Å². The lowest BCUT2D eigenvalue weighted by molar-refractivity contribution is -0.139. The smallest absolute Gasteiger partial charge is 0.348 e. The van der Waals surface area contributed by atoms with Crippen LogP contribution in [0.1, 0.15) is 27.2 Å². The summed E-state index contributed by atoms with van der Waals surface area (Å²) in [5.74, 6) is -1.38. The van der Waals surface area contributed by atoms with Gasteiger partial charge in [-0.05, 0) is 32.4 Å². The maximum atomic E-state index is 12.1. The maximum absolute atomic E-state index is 12.1. The van der Waals surface area contributed by atoms with Gasteiger partial charge in [0.2, 0.25) is 0 Å². The number of nitrogens with zero attached hydrogens (tertiary/aromatic N) is 3. The molecule has 0 radical (unpaired) electrons. The summed E-state index contributed by atoms with van der Waals surface area (Å²) >= 11 is 0. The van der Waals surface area contributed by atoms with E-state index < -0.39 is 11.9 Å². The zero-order valence-corrected chi connectivity index (χ0v) is 15.6. The molecule has 0 atom stereocenters. The second-order valence-corrected chi connectivity index (χ2v) is 5.32. The number of hydrogen-bond donors (Lipinski definition) is 1. The van der Waals surface area contributed by atoms with Gasteiger partial charge in [0.15, 0.2) is 0 Å². The number of esters is 2. The first-order valence-corrected chi connectivity index (χ1v) is 8.50. The van der Waals surface area contributed by atoms with Gasteiger partial charge in [0.1, 0.15) is 23.3 Å². The fourth-order valence-electron chi connectivity index (χ4n) is 2.33. The highest BCUT2D eigenvalue weighted by Crippen LogP contribution is 2.28. The highest BCUT2D eigenvalue weighted by Gasteiger charge is 2.27. The SMILES string of the molecule is CCCN1C=C(C(=O)OCC)C(N)=C(C#N)C1=CC=C(C#N)C(=O)OCC. The van der Waals surface area contributed by atoms with Crippen LogP contribution in [-0.4, -0.2) is 36.6 Å². The van der Waals surface area contributed by atoms with E-state index in [9.17, 15) is 14.9 Å². The molecule has 0 spiro atoms. The number of hydrogen-bond acceptors (Lipinski definition) is 8. The van der Waals surface area contributed by atoms with Gasteiger partial charge in [-0.25, -0.2) is 9.59 Å². The average Bonchev–Trinajstić information content (AvgIpc) is 2.64. The van der Waals surface area contributed by atoms with Gasteiger partial charge < -0.3 is 20.1 Å². The minimum Gasteiger partial charge on any atom is -0.462 e. The first-order valence-electron chi connectivity index (χ1n) is 8.50. The largest absolute Gasteiger partial charge is 0.462 e. The summed E-state index contributed by atoms with van der Waals surface area (Å²) in [7, 11) is 0. The van der Waals surface area contributed by atoms with Gasteiger partial charge >= 0.3 is 11.9 Å². The summed E-state index contributed by atoms with van der Waals surface area (Å²) < 4.78 is 9.80. The predicted molar refractivity (Wildman–Crippen MR) is 97.0 cm³/mol. The van der Waals surface area contributed by atoms with Crippen molar-refractivity contribution in [2.24, 2.45) is 5.73 Å². The number of nitriles is 2. The molecule has 0 aromatic heterocycles. The summed E-state index contributed by atoms with van der Waals surface area (Å²) in [5, 5.41) is 18.7. The number of ether oxygens (including phenoxy) is 2. The highest BCUT2D eigenvalue weighted by atomic mass is 16.5. The molecule has 0 aromatic rings. The van der Waals surface area contributed by atoms with Crippen LogP contribution in [0.5, 0.6) is 0 Å². The van der Waals surface area contributed by atoms with Gasteiger partial charge in [-0.2, -0.15) is 10.5 Å². The molecule has 1 heterocycles. The van der Waals surface area contributed by atoms with Gasteiger partial charge in [-0.3, -0.25) is 0 Å². The third kappa shape index (κ3) is 5.23. The molecule has 0 fully saturated rings. The minimum atomic E-state index is -0.757. The molecule has 8 nitrogen and oxygen atoms in total. The highest BCUT2D eigenvalue weighted by molar-refractivity contribution is 5.95. The quantitative estimate of drug-likeness (QED) is 0.408. The van der Waals surface area contributed by atoms with Crippen molar-refractivity contribution in [2.75, 3.05) is 19.8 Å². The Morgan fingerprint density at radius 3 is 2.41 bits per heavy atom. The van der Waals surface area contributed by atoms with Crippen molar-refractivity contribution in [2.45, 2.75) is 27.2 Å². The molecule has 1 aliphatic rings. The monoisotopic (exact) mass is 370 g/mol. The zero-order valence-electron chi connectivity index (χ0n) is 15.6. The molecular formula is C19H22N4O4. The van der Waals surface area contributed by atoms with Crippen LogP contribution in [-0.2, 0) is 19.1 Å². The number of allylic oxidation sites excluding steroid dienone is 3. The van der Waals surface area contributed by atoms with E-state index in [1.165, 1.54) is 18.4 Å². The lowest BCUT2D eigenvalue weighted by Crippen LogP contribution is -2.29. The van der Waals surface area contributed by atoms with Gasteiger partial charge in [-0.1, -0.05) is 6.92 Å². The van der Waals surface area contributed by atoms with Crippen LogP contribution in [0.4, 0.5) is 0 Å². The van der Waals surface area contributed by atoms with Gasteiger partial charge in [0.25, 0.3) is 0 Å². The van der Waals surface area contributed by atoms with E-state index in [0.29, 0.717) is 12.2 Å².